The number of pyridine rings is 4. The third-order valence-corrected chi connectivity index (χ3v) is 5.70. The Bertz CT molecular complexity index is 1500. The highest BCUT2D eigenvalue weighted by Crippen LogP contribution is 2.24. The van der Waals surface area contributed by atoms with Crippen LogP contribution in [0.3, 0.4) is 0 Å². The first kappa shape index (κ1) is 37.7. The quantitative estimate of drug-likeness (QED) is 0.0847. The van der Waals surface area contributed by atoms with Gasteiger partial charge in [0.15, 0.2) is 5.82 Å². The molecule has 4 heterocycles. The lowest BCUT2D eigenvalue weighted by Crippen LogP contribution is -2.15. The maximum atomic E-state index is 12.1. The third-order valence-electron chi connectivity index (χ3n) is 4.72. The molecule has 4 aromatic heterocycles. The number of anilines is 3. The van der Waals surface area contributed by atoms with Crippen molar-refractivity contribution in [3.8, 4) is 11.8 Å². The summed E-state index contributed by atoms with van der Waals surface area (Å²) >= 11 is 17.4. The molecule has 44 heavy (non-hydrogen) atoms. The Morgan fingerprint density at radius 3 is 1.64 bits per heavy atom. The molecule has 4 aromatic rings. The largest absolute Gasteiger partial charge is 0.480 e. The first-order chi connectivity index (χ1) is 21.2. The second-order valence-electron chi connectivity index (χ2n) is 7.54. The number of carbonyl (C=O) groups is 2. The molecule has 4 rings (SSSR count). The van der Waals surface area contributed by atoms with Crippen molar-refractivity contribution in [3.63, 3.8) is 0 Å². The van der Waals surface area contributed by atoms with Crippen LogP contribution < -0.4 is 43.1 Å². The van der Waals surface area contributed by atoms with E-state index in [0.717, 1.165) is 0 Å². The Kier molecular flexibility index (Phi) is 17.6. The zero-order valence-electron chi connectivity index (χ0n) is 23.7. The summed E-state index contributed by atoms with van der Waals surface area (Å²) < 4.78 is 10.1. The number of nitrogens with zero attached hydrogens (tertiary/aromatic N) is 4. The van der Waals surface area contributed by atoms with Gasteiger partial charge in [-0.05, 0) is 43.3 Å². The van der Waals surface area contributed by atoms with Crippen molar-refractivity contribution in [2.75, 3.05) is 36.9 Å². The van der Waals surface area contributed by atoms with Crippen LogP contribution in [0.1, 0.15) is 27.6 Å². The van der Waals surface area contributed by atoms with Crippen molar-refractivity contribution in [2.45, 2.75) is 6.92 Å². The summed E-state index contributed by atoms with van der Waals surface area (Å²) in [4.78, 5) is 39.8. The number of nitrogens with two attached hydrogens (primary N) is 3. The Morgan fingerprint density at radius 1 is 0.818 bits per heavy atom. The number of aliphatic hydroxyl groups is 1. The zero-order valence-corrected chi connectivity index (χ0v) is 26.0. The highest BCUT2D eigenvalue weighted by atomic mass is 35.5. The summed E-state index contributed by atoms with van der Waals surface area (Å²) in [5.74, 6) is 13.4. The van der Waals surface area contributed by atoms with Gasteiger partial charge in [-0.1, -0.05) is 34.8 Å². The van der Waals surface area contributed by atoms with Crippen molar-refractivity contribution in [1.29, 1.82) is 0 Å². The van der Waals surface area contributed by atoms with Gasteiger partial charge in [0, 0.05) is 31.4 Å². The molecule has 0 aliphatic rings. The summed E-state index contributed by atoms with van der Waals surface area (Å²) in [5, 5.41) is 13.5. The van der Waals surface area contributed by atoms with E-state index in [9.17, 15) is 9.59 Å². The number of aliphatic hydroxyl groups excluding tert-OH is 1. The molecule has 0 atom stereocenters. The fraction of sp³-hybridized carbons (Fsp3) is 0.154. The van der Waals surface area contributed by atoms with E-state index in [1.807, 2.05) is 0 Å². The van der Waals surface area contributed by atoms with E-state index in [-0.39, 0.29) is 33.6 Å². The number of nitrogen functional groups attached to an aromatic ring is 1. The average Bonchev–Trinajstić information content (AvgIpc) is 3.04. The molecule has 0 fully saturated rings. The number of halogens is 3. The Balaban J connectivity index is 0.000000384. The van der Waals surface area contributed by atoms with Crippen LogP contribution in [0.15, 0.2) is 61.2 Å². The van der Waals surface area contributed by atoms with Gasteiger partial charge in [0.2, 0.25) is 11.8 Å². The second kappa shape index (κ2) is 20.5. The topological polar surface area (TPSA) is 239 Å². The lowest BCUT2D eigenvalue weighted by atomic mass is 10.2. The summed E-state index contributed by atoms with van der Waals surface area (Å²) in [6.45, 7) is 1.93. The van der Waals surface area contributed by atoms with E-state index < -0.39 is 0 Å². The number of rotatable bonds is 7. The van der Waals surface area contributed by atoms with Crippen LogP contribution in [0, 0.1) is 0 Å². The first-order valence-electron chi connectivity index (χ1n) is 12.2. The minimum absolute atomic E-state index is 0.150. The maximum absolute atomic E-state index is 12.1. The summed E-state index contributed by atoms with van der Waals surface area (Å²) in [6.07, 6.45) is 5.83. The summed E-state index contributed by atoms with van der Waals surface area (Å²) in [7, 11) is 2.94. The van der Waals surface area contributed by atoms with Gasteiger partial charge in [-0.25, -0.2) is 25.8 Å². The molecule has 15 nitrogen and oxygen atoms in total. The highest BCUT2D eigenvalue weighted by Gasteiger charge is 2.13. The van der Waals surface area contributed by atoms with Crippen LogP contribution in [0.25, 0.3) is 0 Å². The normalized spacial score (nSPS) is 9.41. The molecule has 0 aliphatic heterocycles. The molecule has 2 amide bonds. The fourth-order valence-electron chi connectivity index (χ4n) is 2.90. The summed E-state index contributed by atoms with van der Waals surface area (Å²) in [5.41, 5.74) is 3.82. The van der Waals surface area contributed by atoms with Crippen LogP contribution in [0.4, 0.5) is 17.2 Å². The van der Waals surface area contributed by atoms with Crippen molar-refractivity contribution in [2.24, 2.45) is 17.5 Å². The van der Waals surface area contributed by atoms with Crippen molar-refractivity contribution < 1.29 is 24.2 Å². The number of hydrazine groups is 2. The van der Waals surface area contributed by atoms with E-state index in [2.05, 4.69) is 47.7 Å². The van der Waals surface area contributed by atoms with Gasteiger partial charge in [0.1, 0.15) is 16.5 Å². The SMILES string of the molecule is CCO.COc1ncccc1NC(=O)c1cnc(Cl)c(Cl)c1.COc1ncccc1NC(=O)c1cnc(NN)c(Cl)c1.NN. The molecular formula is C26H31Cl3N10O5. The molecule has 236 valence electrons. The van der Waals surface area contributed by atoms with Gasteiger partial charge in [-0.3, -0.25) is 21.3 Å². The van der Waals surface area contributed by atoms with Crippen LogP contribution in [-0.2, 0) is 0 Å². The number of nitrogens with one attached hydrogen (secondary N) is 3. The van der Waals surface area contributed by atoms with Crippen LogP contribution in [0.2, 0.25) is 15.2 Å². The van der Waals surface area contributed by atoms with E-state index in [0.29, 0.717) is 40.1 Å². The number of amides is 2. The van der Waals surface area contributed by atoms with Gasteiger partial charge >= 0.3 is 0 Å². The number of hydrogen-bond acceptors (Lipinski definition) is 13. The molecule has 18 heteroatoms. The monoisotopic (exact) mass is 668 g/mol. The smallest absolute Gasteiger partial charge is 0.257 e. The molecule has 0 radical (unpaired) electrons. The van der Waals surface area contributed by atoms with Crippen LogP contribution in [0.5, 0.6) is 11.8 Å². The van der Waals surface area contributed by atoms with Crippen molar-refractivity contribution >= 4 is 63.8 Å². The third kappa shape index (κ3) is 11.7. The predicted octanol–water partition coefficient (Wildman–Crippen LogP) is 3.54. The van der Waals surface area contributed by atoms with Gasteiger partial charge in [0.25, 0.3) is 11.8 Å². The minimum atomic E-state index is -0.380. The van der Waals surface area contributed by atoms with E-state index in [1.165, 1.54) is 38.7 Å². The molecule has 0 aliphatic carbocycles. The molecule has 0 saturated heterocycles. The number of ether oxygens (including phenoxy) is 2. The summed E-state index contributed by atoms with van der Waals surface area (Å²) in [6, 6.07) is 9.62. The number of carbonyl (C=O) groups excluding carboxylic acids is 2. The standard InChI is InChI=1S/C12H9Cl2N3O2.C12H12ClN5O2.C2H6O.H4N2/c1-19-12-9(3-2-4-15-12)17-11(18)7-5-8(13)10(14)16-6-7;1-20-12-9(3-2-4-15-12)17-11(19)7-5-8(13)10(18-14)16-6-7;1-2-3;1-2/h2-6H,1H3,(H,17,18);2-6H,14H2,1H3,(H,16,18)(H,17,19);3H,2H2,1H3;1-2H2. The Labute approximate surface area is 268 Å². The minimum Gasteiger partial charge on any atom is -0.480 e. The number of hydrogen-bond donors (Lipinski definition) is 7. The molecule has 0 aromatic carbocycles. The van der Waals surface area contributed by atoms with E-state index >= 15 is 0 Å². The second-order valence-corrected chi connectivity index (χ2v) is 8.71. The Morgan fingerprint density at radius 2 is 1.25 bits per heavy atom. The van der Waals surface area contributed by atoms with Crippen LogP contribution >= 0.6 is 34.8 Å². The molecular weight excluding hydrogens is 639 g/mol. The van der Waals surface area contributed by atoms with Crippen molar-refractivity contribution in [1.82, 2.24) is 19.9 Å². The van der Waals surface area contributed by atoms with Gasteiger partial charge in [0.05, 0.1) is 35.4 Å². The lowest BCUT2D eigenvalue weighted by molar-refractivity contribution is 0.101. The number of methoxy groups -OCH3 is 2. The molecule has 0 saturated carbocycles. The van der Waals surface area contributed by atoms with Gasteiger partial charge in [-0.2, -0.15) is 0 Å². The average molecular weight is 670 g/mol. The van der Waals surface area contributed by atoms with Gasteiger partial charge in [-0.15, -0.1) is 0 Å². The highest BCUT2D eigenvalue weighted by molar-refractivity contribution is 6.41. The Hall–Kier alpha value is -4.35. The zero-order chi connectivity index (χ0) is 33.1. The van der Waals surface area contributed by atoms with Crippen molar-refractivity contribution in [3.05, 3.63) is 87.5 Å². The molecule has 10 N–H and O–H groups in total. The molecule has 0 unspecified atom stereocenters. The first-order valence-corrected chi connectivity index (χ1v) is 13.3. The maximum Gasteiger partial charge on any atom is 0.257 e. The predicted molar refractivity (Wildman–Crippen MR) is 170 cm³/mol. The molecule has 0 spiro atoms. The number of aromatic nitrogens is 4. The van der Waals surface area contributed by atoms with E-state index in [1.54, 1.807) is 43.6 Å². The lowest BCUT2D eigenvalue weighted by Gasteiger charge is -2.09. The fourth-order valence-corrected chi connectivity index (χ4v) is 3.39. The van der Waals surface area contributed by atoms with E-state index in [4.69, 9.17) is 55.2 Å². The van der Waals surface area contributed by atoms with Crippen LogP contribution in [-0.4, -0.2) is 57.7 Å². The van der Waals surface area contributed by atoms with Gasteiger partial charge < -0.3 is 30.6 Å². The molecule has 0 bridgehead atoms.